The van der Waals surface area contributed by atoms with Gasteiger partial charge >= 0.3 is 0 Å². The Balaban J connectivity index is 1.38. The number of nitrogens with one attached hydrogen (secondary N) is 2. The normalized spacial score (nSPS) is 15.6. The second-order valence-corrected chi connectivity index (χ2v) is 9.92. The van der Waals surface area contributed by atoms with Gasteiger partial charge in [0.1, 0.15) is 23.0 Å². The Morgan fingerprint density at radius 3 is 2.40 bits per heavy atom. The Kier molecular flexibility index (Phi) is 6.25. The number of carbonyl (C=O) groups excluding carboxylic acids is 2. The van der Waals surface area contributed by atoms with Gasteiger partial charge in [-0.05, 0) is 29.8 Å². The molecule has 2 aromatic carbocycles. The summed E-state index contributed by atoms with van der Waals surface area (Å²) in [6.45, 7) is 1.12. The van der Waals surface area contributed by atoms with Crippen molar-refractivity contribution in [3.8, 4) is 11.4 Å². The smallest absolute Gasteiger partial charge is 0.257 e. The second-order valence-electron chi connectivity index (χ2n) is 8.22. The first kappa shape index (κ1) is 23.0. The first-order chi connectivity index (χ1) is 16.9. The minimum absolute atomic E-state index is 0.0238. The lowest BCUT2D eigenvalue weighted by atomic mass is 10.1. The molecule has 0 unspecified atom stereocenters. The molecule has 11 heteroatoms. The number of fused-ring (bicyclic) bond motifs is 1. The van der Waals surface area contributed by atoms with Gasteiger partial charge in [0, 0.05) is 41.1 Å². The predicted octanol–water partition coefficient (Wildman–Crippen LogP) is 2.54. The zero-order valence-electron chi connectivity index (χ0n) is 18.5. The standard InChI is InChI=1S/C24H21F2N5O3S/c25-16-2-1-3-17(26)20(16)22-29-18-13-27-24(33)21(18)23(30-22)28-15-6-4-14(5-7-15)12-19(32)31-8-10-35(34)11-9-31/h1-7H,8-13H2,(H,27,33)(H,28,29,30). The monoisotopic (exact) mass is 497 g/mol. The Morgan fingerprint density at radius 1 is 1.03 bits per heavy atom. The molecule has 180 valence electrons. The summed E-state index contributed by atoms with van der Waals surface area (Å²) in [5.41, 5.74) is 1.57. The quantitative estimate of drug-likeness (QED) is 0.562. The van der Waals surface area contributed by atoms with Gasteiger partial charge in [0.15, 0.2) is 5.82 Å². The highest BCUT2D eigenvalue weighted by Crippen LogP contribution is 2.30. The molecule has 5 rings (SSSR count). The second kappa shape index (κ2) is 9.49. The van der Waals surface area contributed by atoms with Crippen LogP contribution in [0.4, 0.5) is 20.3 Å². The van der Waals surface area contributed by atoms with Crippen molar-refractivity contribution in [1.82, 2.24) is 20.2 Å². The Hall–Kier alpha value is -3.73. The van der Waals surface area contributed by atoms with Gasteiger partial charge in [-0.3, -0.25) is 13.8 Å². The number of hydrogen-bond acceptors (Lipinski definition) is 6. The molecule has 3 heterocycles. The SMILES string of the molecule is O=C1NCc2nc(-c3c(F)cccc3F)nc(Nc3ccc(CC(=O)N4CCS(=O)CC4)cc3)c21. The third-order valence-corrected chi connectivity index (χ3v) is 7.19. The molecule has 8 nitrogen and oxygen atoms in total. The van der Waals surface area contributed by atoms with Gasteiger partial charge in [-0.15, -0.1) is 0 Å². The maximum Gasteiger partial charge on any atom is 0.257 e. The molecule has 0 bridgehead atoms. The fourth-order valence-electron chi connectivity index (χ4n) is 4.06. The van der Waals surface area contributed by atoms with Crippen LogP contribution < -0.4 is 10.6 Å². The minimum Gasteiger partial charge on any atom is -0.346 e. The first-order valence-electron chi connectivity index (χ1n) is 11.0. The van der Waals surface area contributed by atoms with Crippen molar-refractivity contribution in [3.63, 3.8) is 0 Å². The molecule has 0 saturated carbocycles. The van der Waals surface area contributed by atoms with Crippen LogP contribution in [-0.2, 0) is 28.6 Å². The predicted molar refractivity (Wildman–Crippen MR) is 126 cm³/mol. The lowest BCUT2D eigenvalue weighted by molar-refractivity contribution is -0.130. The number of amides is 2. The van der Waals surface area contributed by atoms with Crippen LogP contribution >= 0.6 is 0 Å². The van der Waals surface area contributed by atoms with E-state index < -0.39 is 22.4 Å². The number of carbonyl (C=O) groups is 2. The molecule has 0 radical (unpaired) electrons. The summed E-state index contributed by atoms with van der Waals surface area (Å²) in [5.74, 6) is -1.04. The molecule has 0 spiro atoms. The minimum atomic E-state index is -0.849. The summed E-state index contributed by atoms with van der Waals surface area (Å²) < 4.78 is 40.2. The number of aromatic nitrogens is 2. The molecule has 2 amide bonds. The van der Waals surface area contributed by atoms with Crippen LogP contribution in [0.15, 0.2) is 42.5 Å². The molecule has 35 heavy (non-hydrogen) atoms. The highest BCUT2D eigenvalue weighted by Gasteiger charge is 2.28. The molecule has 2 aliphatic rings. The first-order valence-corrected chi connectivity index (χ1v) is 12.5. The van der Waals surface area contributed by atoms with Crippen molar-refractivity contribution in [2.75, 3.05) is 29.9 Å². The largest absolute Gasteiger partial charge is 0.346 e. The molecule has 2 N–H and O–H groups in total. The summed E-state index contributed by atoms with van der Waals surface area (Å²) in [6, 6.07) is 10.5. The number of nitrogens with zero attached hydrogens (tertiary/aromatic N) is 3. The summed E-state index contributed by atoms with van der Waals surface area (Å²) in [7, 11) is -0.849. The molecular formula is C24H21F2N5O3S. The van der Waals surface area contributed by atoms with E-state index in [-0.39, 0.29) is 47.5 Å². The van der Waals surface area contributed by atoms with E-state index in [1.54, 1.807) is 29.2 Å². The van der Waals surface area contributed by atoms with Gasteiger partial charge in [0.05, 0.1) is 24.2 Å². The molecule has 2 aliphatic heterocycles. The van der Waals surface area contributed by atoms with E-state index in [9.17, 15) is 22.6 Å². The maximum absolute atomic E-state index is 14.4. The van der Waals surface area contributed by atoms with Gasteiger partial charge in [0.25, 0.3) is 5.91 Å². The summed E-state index contributed by atoms with van der Waals surface area (Å²) >= 11 is 0. The average molecular weight is 498 g/mol. The molecule has 3 aromatic rings. The number of anilines is 2. The number of halogens is 2. The van der Waals surface area contributed by atoms with Crippen molar-refractivity contribution in [3.05, 3.63) is 70.9 Å². The van der Waals surface area contributed by atoms with E-state index in [0.717, 1.165) is 17.7 Å². The van der Waals surface area contributed by atoms with Crippen LogP contribution in [0.2, 0.25) is 0 Å². The molecule has 1 fully saturated rings. The van der Waals surface area contributed by atoms with Gasteiger partial charge < -0.3 is 15.5 Å². The van der Waals surface area contributed by atoms with Crippen LogP contribution in [0.3, 0.4) is 0 Å². The van der Waals surface area contributed by atoms with E-state index in [0.29, 0.717) is 36.0 Å². The van der Waals surface area contributed by atoms with Crippen LogP contribution in [0.1, 0.15) is 21.6 Å². The number of hydrogen-bond donors (Lipinski definition) is 2. The van der Waals surface area contributed by atoms with Crippen LogP contribution in [0.25, 0.3) is 11.4 Å². The zero-order chi connectivity index (χ0) is 24.5. The van der Waals surface area contributed by atoms with Crippen molar-refractivity contribution < 1.29 is 22.6 Å². The Labute approximate surface area is 202 Å². The van der Waals surface area contributed by atoms with E-state index in [1.807, 2.05) is 0 Å². The zero-order valence-corrected chi connectivity index (χ0v) is 19.3. The number of benzene rings is 2. The van der Waals surface area contributed by atoms with Gasteiger partial charge in [-0.25, -0.2) is 18.7 Å². The van der Waals surface area contributed by atoms with Crippen molar-refractivity contribution >= 4 is 34.1 Å². The summed E-state index contributed by atoms with van der Waals surface area (Å²) in [4.78, 5) is 35.1. The topological polar surface area (TPSA) is 104 Å². The van der Waals surface area contributed by atoms with Crippen molar-refractivity contribution in [1.29, 1.82) is 0 Å². The van der Waals surface area contributed by atoms with Crippen LogP contribution in [0, 0.1) is 11.6 Å². The fraction of sp³-hybridized carbons (Fsp3) is 0.250. The summed E-state index contributed by atoms with van der Waals surface area (Å²) in [6.07, 6.45) is 0.217. The van der Waals surface area contributed by atoms with E-state index in [2.05, 4.69) is 20.6 Å². The third kappa shape index (κ3) is 4.76. The molecular weight excluding hydrogens is 476 g/mol. The number of rotatable bonds is 5. The van der Waals surface area contributed by atoms with Gasteiger partial charge in [-0.2, -0.15) is 0 Å². The van der Waals surface area contributed by atoms with Crippen molar-refractivity contribution in [2.24, 2.45) is 0 Å². The highest BCUT2D eigenvalue weighted by molar-refractivity contribution is 7.85. The Bertz CT molecular complexity index is 1320. The molecule has 0 atom stereocenters. The molecule has 1 saturated heterocycles. The van der Waals surface area contributed by atoms with E-state index >= 15 is 0 Å². The van der Waals surface area contributed by atoms with Gasteiger partial charge in [0.2, 0.25) is 5.91 Å². The Morgan fingerprint density at radius 2 is 1.71 bits per heavy atom. The van der Waals surface area contributed by atoms with Crippen LogP contribution in [-0.4, -0.2) is 55.5 Å². The summed E-state index contributed by atoms with van der Waals surface area (Å²) in [5, 5.41) is 5.70. The fourth-order valence-corrected chi connectivity index (χ4v) is 5.11. The average Bonchev–Trinajstić information content (AvgIpc) is 3.21. The van der Waals surface area contributed by atoms with E-state index in [4.69, 9.17) is 0 Å². The van der Waals surface area contributed by atoms with Crippen LogP contribution in [0.5, 0.6) is 0 Å². The molecule has 0 aliphatic carbocycles. The van der Waals surface area contributed by atoms with E-state index in [1.165, 1.54) is 6.07 Å². The van der Waals surface area contributed by atoms with Crippen molar-refractivity contribution in [2.45, 2.75) is 13.0 Å². The lowest BCUT2D eigenvalue weighted by Crippen LogP contribution is -2.42. The highest BCUT2D eigenvalue weighted by atomic mass is 32.2. The third-order valence-electron chi connectivity index (χ3n) is 5.92. The lowest BCUT2D eigenvalue weighted by Gasteiger charge is -2.26. The maximum atomic E-state index is 14.4. The van der Waals surface area contributed by atoms with Gasteiger partial charge in [-0.1, -0.05) is 18.2 Å². The molecule has 1 aromatic heterocycles.